The summed E-state index contributed by atoms with van der Waals surface area (Å²) in [6, 6.07) is 3.69. The van der Waals surface area contributed by atoms with Gasteiger partial charge in [-0.3, -0.25) is 4.57 Å². The van der Waals surface area contributed by atoms with Crippen LogP contribution in [0.25, 0.3) is 11.6 Å². The molecule has 0 unspecified atom stereocenters. The Morgan fingerprint density at radius 1 is 1.45 bits per heavy atom. The molecule has 114 valence electrons. The van der Waals surface area contributed by atoms with E-state index in [0.717, 1.165) is 15.3 Å². The van der Waals surface area contributed by atoms with Crippen LogP contribution < -0.4 is 0 Å². The molecule has 0 radical (unpaired) electrons. The van der Waals surface area contributed by atoms with Gasteiger partial charge in [0.25, 0.3) is 0 Å². The smallest absolute Gasteiger partial charge is 0.200 e. The fourth-order valence-electron chi connectivity index (χ4n) is 1.82. The van der Waals surface area contributed by atoms with Gasteiger partial charge < -0.3 is 4.42 Å². The van der Waals surface area contributed by atoms with Gasteiger partial charge in [0.15, 0.2) is 15.3 Å². The molecule has 0 saturated carbocycles. The van der Waals surface area contributed by atoms with Crippen LogP contribution in [0.1, 0.15) is 25.6 Å². The number of furan rings is 1. The third-order valence-corrected chi connectivity index (χ3v) is 4.64. The Morgan fingerprint density at radius 3 is 2.95 bits per heavy atom. The molecule has 0 bridgehead atoms. The lowest BCUT2D eigenvalue weighted by Crippen LogP contribution is -1.99. The maximum atomic E-state index is 5.41. The summed E-state index contributed by atoms with van der Waals surface area (Å²) >= 11 is 2.83. The van der Waals surface area contributed by atoms with Gasteiger partial charge in [0, 0.05) is 12.5 Å². The molecule has 22 heavy (non-hydrogen) atoms. The van der Waals surface area contributed by atoms with E-state index >= 15 is 0 Å². The normalized spacial score (nSPS) is 11.2. The Hall–Kier alpha value is -1.93. The predicted molar refractivity (Wildman–Crippen MR) is 86.0 cm³/mol. The first-order chi connectivity index (χ1) is 10.7. The van der Waals surface area contributed by atoms with Gasteiger partial charge in [0.05, 0.1) is 6.26 Å². The number of rotatable bonds is 6. The topological polar surface area (TPSA) is 69.6 Å². The molecule has 0 aromatic carbocycles. The molecule has 0 amide bonds. The van der Waals surface area contributed by atoms with Crippen LogP contribution >= 0.6 is 23.3 Å². The van der Waals surface area contributed by atoms with Crippen LogP contribution in [-0.4, -0.2) is 24.1 Å². The van der Waals surface area contributed by atoms with Gasteiger partial charge in [-0.25, -0.2) is 4.98 Å². The minimum absolute atomic E-state index is 0.315. The monoisotopic (exact) mass is 333 g/mol. The molecule has 3 aromatic rings. The van der Waals surface area contributed by atoms with Crippen LogP contribution in [0.4, 0.5) is 0 Å². The van der Waals surface area contributed by atoms with Crippen molar-refractivity contribution >= 4 is 23.3 Å². The van der Waals surface area contributed by atoms with E-state index in [-0.39, 0.29) is 0 Å². The summed E-state index contributed by atoms with van der Waals surface area (Å²) in [5.74, 6) is 2.53. The van der Waals surface area contributed by atoms with Crippen molar-refractivity contribution in [1.29, 1.82) is 0 Å². The number of hydrogen-bond acceptors (Lipinski definition) is 7. The fraction of sp³-hybridized carbons (Fsp3) is 0.286. The Labute approximate surface area is 136 Å². The van der Waals surface area contributed by atoms with Crippen molar-refractivity contribution < 1.29 is 4.42 Å². The van der Waals surface area contributed by atoms with Gasteiger partial charge in [0.1, 0.15) is 5.82 Å². The zero-order chi connectivity index (χ0) is 15.5. The highest BCUT2D eigenvalue weighted by Gasteiger charge is 2.18. The van der Waals surface area contributed by atoms with E-state index in [2.05, 4.69) is 40.0 Å². The van der Waals surface area contributed by atoms with Crippen molar-refractivity contribution in [1.82, 2.24) is 24.1 Å². The van der Waals surface area contributed by atoms with Crippen molar-refractivity contribution in [2.24, 2.45) is 0 Å². The predicted octanol–water partition coefficient (Wildman–Crippen LogP) is 3.85. The molecule has 0 aliphatic carbocycles. The lowest BCUT2D eigenvalue weighted by Gasteiger charge is -2.04. The second-order valence-corrected chi connectivity index (χ2v) is 6.82. The summed E-state index contributed by atoms with van der Waals surface area (Å²) in [6.45, 7) is 8.54. The maximum absolute atomic E-state index is 5.41. The Morgan fingerprint density at radius 2 is 2.32 bits per heavy atom. The van der Waals surface area contributed by atoms with E-state index in [1.54, 1.807) is 12.3 Å². The van der Waals surface area contributed by atoms with Crippen molar-refractivity contribution in [2.45, 2.75) is 35.8 Å². The summed E-state index contributed by atoms with van der Waals surface area (Å²) in [4.78, 5) is 4.52. The van der Waals surface area contributed by atoms with Crippen molar-refractivity contribution in [3.05, 3.63) is 36.9 Å². The average molecular weight is 333 g/mol. The fourth-order valence-corrected chi connectivity index (χ4v) is 3.51. The summed E-state index contributed by atoms with van der Waals surface area (Å²) in [7, 11) is 0. The van der Waals surface area contributed by atoms with E-state index in [4.69, 9.17) is 4.42 Å². The highest BCUT2D eigenvalue weighted by molar-refractivity contribution is 8.00. The minimum atomic E-state index is 0.315. The lowest BCUT2D eigenvalue weighted by molar-refractivity contribution is 0.569. The zero-order valence-electron chi connectivity index (χ0n) is 12.3. The van der Waals surface area contributed by atoms with E-state index in [9.17, 15) is 0 Å². The number of nitrogens with zero attached hydrogens (tertiary/aromatic N) is 5. The van der Waals surface area contributed by atoms with E-state index in [1.807, 2.05) is 16.7 Å². The first-order valence-corrected chi connectivity index (χ1v) is 8.37. The molecule has 6 nitrogen and oxygen atoms in total. The first-order valence-electron chi connectivity index (χ1n) is 6.78. The number of hydrogen-bond donors (Lipinski definition) is 0. The van der Waals surface area contributed by atoms with E-state index < -0.39 is 0 Å². The van der Waals surface area contributed by atoms with Crippen molar-refractivity contribution in [3.63, 3.8) is 0 Å². The second-order valence-electron chi connectivity index (χ2n) is 4.86. The van der Waals surface area contributed by atoms with Crippen molar-refractivity contribution in [2.75, 3.05) is 0 Å². The number of aromatic nitrogens is 5. The van der Waals surface area contributed by atoms with Gasteiger partial charge in [-0.2, -0.15) is 4.37 Å². The zero-order valence-corrected chi connectivity index (χ0v) is 13.9. The summed E-state index contributed by atoms with van der Waals surface area (Å²) < 4.78 is 12.6. The summed E-state index contributed by atoms with van der Waals surface area (Å²) in [6.07, 6.45) is 3.42. The molecule has 0 aliphatic heterocycles. The third kappa shape index (κ3) is 2.97. The van der Waals surface area contributed by atoms with Crippen molar-refractivity contribution in [3.8, 4) is 11.6 Å². The molecule has 0 fully saturated rings. The highest BCUT2D eigenvalue weighted by Crippen LogP contribution is 2.31. The van der Waals surface area contributed by atoms with Crippen LogP contribution in [0.2, 0.25) is 0 Å². The molecule has 0 saturated heterocycles. The van der Waals surface area contributed by atoms with Gasteiger partial charge in [0.2, 0.25) is 5.82 Å². The molecule has 0 N–H and O–H groups in total. The molecule has 3 aromatic heterocycles. The van der Waals surface area contributed by atoms with Crippen LogP contribution in [0.3, 0.4) is 0 Å². The highest BCUT2D eigenvalue weighted by atomic mass is 32.2. The molecular formula is C14H15N5OS2. The minimum Gasteiger partial charge on any atom is -0.461 e. The molecule has 0 atom stereocenters. The van der Waals surface area contributed by atoms with Crippen LogP contribution in [0.5, 0.6) is 0 Å². The second kappa shape index (κ2) is 6.45. The largest absolute Gasteiger partial charge is 0.461 e. The van der Waals surface area contributed by atoms with E-state index in [0.29, 0.717) is 24.0 Å². The number of allylic oxidation sites excluding steroid dienone is 1. The van der Waals surface area contributed by atoms with Gasteiger partial charge in [-0.05, 0) is 35.4 Å². The lowest BCUT2D eigenvalue weighted by atomic mass is 10.2. The van der Waals surface area contributed by atoms with E-state index in [1.165, 1.54) is 23.3 Å². The summed E-state index contributed by atoms with van der Waals surface area (Å²) in [5.41, 5.74) is 0. The summed E-state index contributed by atoms with van der Waals surface area (Å²) in [5, 5.41) is 9.22. The van der Waals surface area contributed by atoms with Gasteiger partial charge in [-0.1, -0.05) is 19.9 Å². The molecule has 3 heterocycles. The molecule has 8 heteroatoms. The Balaban J connectivity index is 1.91. The third-order valence-electron chi connectivity index (χ3n) is 2.89. The van der Waals surface area contributed by atoms with Crippen LogP contribution in [0, 0.1) is 0 Å². The molecular weight excluding hydrogens is 318 g/mol. The van der Waals surface area contributed by atoms with Crippen LogP contribution in [-0.2, 0) is 6.54 Å². The Kier molecular flexibility index (Phi) is 4.39. The standard InChI is InChI=1S/C14H15N5OS2/c1-4-7-19-12(10-6-5-8-20-10)16-17-13(19)21-14-15-11(9(2)3)18-22-14/h4-6,8-9H,1,7H2,2-3H3. The van der Waals surface area contributed by atoms with Gasteiger partial charge in [-0.15, -0.1) is 16.8 Å². The Bertz CT molecular complexity index is 760. The van der Waals surface area contributed by atoms with Crippen LogP contribution in [0.15, 0.2) is 45.0 Å². The molecule has 0 aliphatic rings. The molecule has 3 rings (SSSR count). The maximum Gasteiger partial charge on any atom is 0.200 e. The quantitative estimate of drug-likeness (QED) is 0.638. The average Bonchev–Trinajstić information content (AvgIpc) is 3.21. The van der Waals surface area contributed by atoms with Gasteiger partial charge >= 0.3 is 0 Å². The first kappa shape index (κ1) is 15.0. The molecule has 0 spiro atoms. The SMILES string of the molecule is C=CCn1c(Sc2nc(C(C)C)ns2)nnc1-c1ccco1.